The Balaban J connectivity index is 1.85. The van der Waals surface area contributed by atoms with Gasteiger partial charge in [0, 0.05) is 20.0 Å². The van der Waals surface area contributed by atoms with Gasteiger partial charge >= 0.3 is 0 Å². The highest BCUT2D eigenvalue weighted by atomic mass is 32.2. The lowest BCUT2D eigenvalue weighted by molar-refractivity contribution is -0.121. The van der Waals surface area contributed by atoms with Crippen LogP contribution in [-0.4, -0.2) is 32.2 Å². The highest BCUT2D eigenvalue weighted by Crippen LogP contribution is 2.19. The van der Waals surface area contributed by atoms with E-state index in [2.05, 4.69) is 11.4 Å². The molecule has 0 fully saturated rings. The molecule has 1 N–H and O–H groups in total. The maximum absolute atomic E-state index is 12.5. The summed E-state index contributed by atoms with van der Waals surface area (Å²) in [5, 5.41) is 2.99. The quantitative estimate of drug-likeness (QED) is 0.752. The van der Waals surface area contributed by atoms with Gasteiger partial charge in [-0.15, -0.1) is 0 Å². The second-order valence-electron chi connectivity index (χ2n) is 6.89. The first-order chi connectivity index (χ1) is 12.7. The number of hydrogen-bond donors (Lipinski definition) is 1. The summed E-state index contributed by atoms with van der Waals surface area (Å²) in [5.41, 5.74) is 3.44. The number of carbonyl (C=O) groups excluding carboxylic acids is 1. The van der Waals surface area contributed by atoms with Crippen molar-refractivity contribution in [3.05, 3.63) is 65.2 Å². The molecule has 0 aliphatic heterocycles. The molecule has 0 bridgehead atoms. The lowest BCUT2D eigenvalue weighted by Crippen LogP contribution is -2.30. The first kappa shape index (κ1) is 21.1. The van der Waals surface area contributed by atoms with Crippen LogP contribution < -0.4 is 5.32 Å². The fourth-order valence-electron chi connectivity index (χ4n) is 3.06. The number of amides is 1. The van der Waals surface area contributed by atoms with Crippen LogP contribution in [-0.2, 0) is 14.8 Å². The minimum Gasteiger partial charge on any atom is -0.350 e. The summed E-state index contributed by atoms with van der Waals surface area (Å²) in [6.07, 6.45) is 0.748. The standard InChI is InChI=1S/C21H28N2O3S/c1-16-12-13-20(17(2)15-16)18(3)22-21(24)11-8-14-23(4)27(25,26)19-9-6-5-7-10-19/h5-7,9-10,12-13,15,18H,8,11,14H2,1-4H3,(H,22,24)/t18-/m0/s1. The van der Waals surface area contributed by atoms with Gasteiger partial charge in [0.15, 0.2) is 0 Å². The molecule has 0 aliphatic carbocycles. The van der Waals surface area contributed by atoms with E-state index in [9.17, 15) is 13.2 Å². The SMILES string of the molecule is Cc1ccc([C@H](C)NC(=O)CCCN(C)S(=O)(=O)c2ccccc2)c(C)c1. The van der Waals surface area contributed by atoms with Crippen molar-refractivity contribution in [2.45, 2.75) is 44.6 Å². The number of nitrogens with zero attached hydrogens (tertiary/aromatic N) is 1. The van der Waals surface area contributed by atoms with Gasteiger partial charge in [0.05, 0.1) is 10.9 Å². The van der Waals surface area contributed by atoms with E-state index in [4.69, 9.17) is 0 Å². The second kappa shape index (κ2) is 9.15. The van der Waals surface area contributed by atoms with Crippen LogP contribution in [0.15, 0.2) is 53.4 Å². The molecule has 27 heavy (non-hydrogen) atoms. The molecule has 0 aromatic heterocycles. The zero-order valence-electron chi connectivity index (χ0n) is 16.4. The van der Waals surface area contributed by atoms with E-state index in [1.54, 1.807) is 37.4 Å². The first-order valence-electron chi connectivity index (χ1n) is 9.09. The van der Waals surface area contributed by atoms with Gasteiger partial charge in [-0.2, -0.15) is 0 Å². The Kier molecular flexibility index (Phi) is 7.16. The van der Waals surface area contributed by atoms with Gasteiger partial charge in [-0.05, 0) is 50.5 Å². The van der Waals surface area contributed by atoms with Crippen molar-refractivity contribution in [3.63, 3.8) is 0 Å². The maximum Gasteiger partial charge on any atom is 0.242 e. The topological polar surface area (TPSA) is 66.5 Å². The predicted octanol–water partition coefficient (Wildman–Crippen LogP) is 3.58. The second-order valence-corrected chi connectivity index (χ2v) is 8.94. The normalized spacial score (nSPS) is 12.8. The minimum atomic E-state index is -3.51. The molecule has 0 spiro atoms. The van der Waals surface area contributed by atoms with Crippen LogP contribution >= 0.6 is 0 Å². The molecule has 0 aliphatic rings. The minimum absolute atomic E-state index is 0.0759. The van der Waals surface area contributed by atoms with Gasteiger partial charge < -0.3 is 5.32 Å². The zero-order chi connectivity index (χ0) is 20.0. The molecule has 0 radical (unpaired) electrons. The number of nitrogens with one attached hydrogen (secondary N) is 1. The van der Waals surface area contributed by atoms with Gasteiger partial charge in [-0.1, -0.05) is 42.0 Å². The molecular formula is C21H28N2O3S. The molecule has 2 aromatic carbocycles. The van der Waals surface area contributed by atoms with E-state index in [0.29, 0.717) is 13.0 Å². The van der Waals surface area contributed by atoms with Crippen LogP contribution in [0.3, 0.4) is 0 Å². The van der Waals surface area contributed by atoms with Gasteiger partial charge in [0.25, 0.3) is 0 Å². The monoisotopic (exact) mass is 388 g/mol. The summed E-state index contributed by atoms with van der Waals surface area (Å²) < 4.78 is 26.2. The highest BCUT2D eigenvalue weighted by Gasteiger charge is 2.20. The van der Waals surface area contributed by atoms with E-state index in [1.807, 2.05) is 32.9 Å². The summed E-state index contributed by atoms with van der Waals surface area (Å²) >= 11 is 0. The van der Waals surface area contributed by atoms with E-state index >= 15 is 0 Å². The third-order valence-electron chi connectivity index (χ3n) is 4.60. The Morgan fingerprint density at radius 3 is 2.41 bits per heavy atom. The number of sulfonamides is 1. The van der Waals surface area contributed by atoms with Gasteiger partial charge in [0.2, 0.25) is 15.9 Å². The van der Waals surface area contributed by atoms with E-state index in [-0.39, 0.29) is 23.3 Å². The number of aryl methyl sites for hydroxylation is 2. The molecule has 2 rings (SSSR count). The van der Waals surface area contributed by atoms with Crippen LogP contribution in [0.4, 0.5) is 0 Å². The molecule has 6 heteroatoms. The molecule has 2 aromatic rings. The van der Waals surface area contributed by atoms with Crippen molar-refractivity contribution in [3.8, 4) is 0 Å². The number of hydrogen-bond acceptors (Lipinski definition) is 3. The Morgan fingerprint density at radius 2 is 1.78 bits per heavy atom. The fourth-order valence-corrected chi connectivity index (χ4v) is 4.29. The van der Waals surface area contributed by atoms with E-state index < -0.39 is 10.0 Å². The Hall–Kier alpha value is -2.18. The van der Waals surface area contributed by atoms with E-state index in [0.717, 1.165) is 11.1 Å². The highest BCUT2D eigenvalue weighted by molar-refractivity contribution is 7.89. The third kappa shape index (κ3) is 5.65. The average molecular weight is 389 g/mol. The van der Waals surface area contributed by atoms with Crippen LogP contribution in [0.1, 0.15) is 42.5 Å². The van der Waals surface area contributed by atoms with E-state index in [1.165, 1.54) is 9.87 Å². The Morgan fingerprint density at radius 1 is 1.11 bits per heavy atom. The van der Waals surface area contributed by atoms with Crippen molar-refractivity contribution < 1.29 is 13.2 Å². The first-order valence-corrected chi connectivity index (χ1v) is 10.5. The van der Waals surface area contributed by atoms with Crippen molar-refractivity contribution in [2.24, 2.45) is 0 Å². The number of carbonyl (C=O) groups is 1. The molecule has 146 valence electrons. The molecule has 1 amide bonds. The Labute approximate surface area is 162 Å². The Bertz CT molecular complexity index is 880. The number of rotatable bonds is 8. The van der Waals surface area contributed by atoms with Gasteiger partial charge in [-0.3, -0.25) is 4.79 Å². The van der Waals surface area contributed by atoms with Crippen LogP contribution in [0.5, 0.6) is 0 Å². The fraction of sp³-hybridized carbons (Fsp3) is 0.381. The van der Waals surface area contributed by atoms with Gasteiger partial charge in [-0.25, -0.2) is 12.7 Å². The molecule has 5 nitrogen and oxygen atoms in total. The van der Waals surface area contributed by atoms with Crippen molar-refractivity contribution >= 4 is 15.9 Å². The number of benzene rings is 2. The van der Waals surface area contributed by atoms with Crippen molar-refractivity contribution in [2.75, 3.05) is 13.6 Å². The summed E-state index contributed by atoms with van der Waals surface area (Å²) in [7, 11) is -1.97. The summed E-state index contributed by atoms with van der Waals surface area (Å²) in [6.45, 7) is 6.33. The molecule has 0 heterocycles. The summed E-state index contributed by atoms with van der Waals surface area (Å²) in [5.74, 6) is -0.0759. The van der Waals surface area contributed by atoms with Crippen LogP contribution in [0.25, 0.3) is 0 Å². The zero-order valence-corrected chi connectivity index (χ0v) is 17.2. The smallest absolute Gasteiger partial charge is 0.242 e. The largest absolute Gasteiger partial charge is 0.350 e. The van der Waals surface area contributed by atoms with Crippen LogP contribution in [0.2, 0.25) is 0 Å². The molecular weight excluding hydrogens is 360 g/mol. The lowest BCUT2D eigenvalue weighted by Gasteiger charge is -2.19. The summed E-state index contributed by atoms with van der Waals surface area (Å²) in [6, 6.07) is 14.4. The lowest BCUT2D eigenvalue weighted by atomic mass is 10.0. The molecule has 0 saturated carbocycles. The molecule has 0 unspecified atom stereocenters. The predicted molar refractivity (Wildman–Crippen MR) is 108 cm³/mol. The maximum atomic E-state index is 12.5. The average Bonchev–Trinajstić information content (AvgIpc) is 2.62. The van der Waals surface area contributed by atoms with Crippen LogP contribution in [0, 0.1) is 13.8 Å². The van der Waals surface area contributed by atoms with Gasteiger partial charge in [0.1, 0.15) is 0 Å². The van der Waals surface area contributed by atoms with Crippen molar-refractivity contribution in [1.82, 2.24) is 9.62 Å². The molecule has 0 saturated heterocycles. The summed E-state index contributed by atoms with van der Waals surface area (Å²) in [4.78, 5) is 12.5. The third-order valence-corrected chi connectivity index (χ3v) is 6.47. The van der Waals surface area contributed by atoms with Crippen molar-refractivity contribution in [1.29, 1.82) is 0 Å². The molecule has 1 atom stereocenters.